The minimum absolute atomic E-state index is 1.28. The lowest BCUT2D eigenvalue weighted by molar-refractivity contribution is 1.64. The Morgan fingerprint density at radius 1 is 1.12 bits per heavy atom. The fraction of sp³-hybridized carbons (Fsp3) is 0.143. The molecule has 0 radical (unpaired) electrons. The normalized spacial score (nSPS) is 12.5. The third kappa shape index (κ3) is 3.12. The summed E-state index contributed by atoms with van der Waals surface area (Å²) in [5.74, 6) is 0. The molecular weight excluding hydrogens is 264 g/mol. The maximum absolute atomic E-state index is 4.05. The van der Waals surface area contributed by atoms with Gasteiger partial charge < -0.3 is 0 Å². The average Bonchev–Trinajstić information content (AvgIpc) is 2.93. The topological polar surface area (TPSA) is 0 Å². The molecule has 17 heavy (non-hydrogen) atoms. The van der Waals surface area contributed by atoms with E-state index in [2.05, 4.69) is 56.8 Å². The summed E-state index contributed by atoms with van der Waals surface area (Å²) in [6, 6.07) is 8.76. The molecule has 0 aliphatic carbocycles. The standard InChI is InChI=1S/C14H14S3/c1-10(4-3-9-15)12-7-8-14(17-12)13-6-5-11(2)16-13/h3-9,15H,1-2H3/b9-3-,10-4+. The van der Waals surface area contributed by atoms with Gasteiger partial charge in [-0.3, -0.25) is 0 Å². The van der Waals surface area contributed by atoms with Gasteiger partial charge in [-0.15, -0.1) is 22.7 Å². The van der Waals surface area contributed by atoms with E-state index in [1.807, 2.05) is 28.7 Å². The fourth-order valence-electron chi connectivity index (χ4n) is 1.52. The minimum Gasteiger partial charge on any atom is -0.151 e. The van der Waals surface area contributed by atoms with Crippen LogP contribution in [0.5, 0.6) is 0 Å². The average molecular weight is 278 g/mol. The van der Waals surface area contributed by atoms with Gasteiger partial charge in [-0.25, -0.2) is 0 Å². The smallest absolute Gasteiger partial charge is 0.0449 e. The van der Waals surface area contributed by atoms with Gasteiger partial charge in [0, 0.05) is 19.5 Å². The zero-order valence-corrected chi connectivity index (χ0v) is 12.3. The van der Waals surface area contributed by atoms with Gasteiger partial charge in [-0.05, 0) is 49.1 Å². The van der Waals surface area contributed by atoms with E-state index in [0.717, 1.165) is 0 Å². The maximum Gasteiger partial charge on any atom is 0.0449 e. The Morgan fingerprint density at radius 2 is 1.82 bits per heavy atom. The summed E-state index contributed by atoms with van der Waals surface area (Å²) in [5.41, 5.74) is 1.28. The van der Waals surface area contributed by atoms with E-state index >= 15 is 0 Å². The molecule has 2 aromatic heterocycles. The Balaban J connectivity index is 2.27. The molecule has 0 aromatic carbocycles. The molecule has 0 aliphatic heterocycles. The summed E-state index contributed by atoms with van der Waals surface area (Å²) in [5, 5.41) is 1.75. The van der Waals surface area contributed by atoms with E-state index in [9.17, 15) is 0 Å². The summed E-state index contributed by atoms with van der Waals surface area (Å²) in [6.07, 6.45) is 4.04. The number of thiol groups is 1. The molecule has 0 N–H and O–H groups in total. The van der Waals surface area contributed by atoms with E-state index in [0.29, 0.717) is 0 Å². The Morgan fingerprint density at radius 3 is 2.47 bits per heavy atom. The summed E-state index contributed by atoms with van der Waals surface area (Å²) >= 11 is 7.74. The van der Waals surface area contributed by atoms with Crippen LogP contribution in [0.1, 0.15) is 16.7 Å². The highest BCUT2D eigenvalue weighted by Gasteiger charge is 2.05. The van der Waals surface area contributed by atoms with Gasteiger partial charge in [0.1, 0.15) is 0 Å². The van der Waals surface area contributed by atoms with Crippen LogP contribution < -0.4 is 0 Å². The van der Waals surface area contributed by atoms with Crippen LogP contribution in [0, 0.1) is 6.92 Å². The number of rotatable bonds is 3. The molecule has 0 fully saturated rings. The molecule has 3 heteroatoms. The van der Waals surface area contributed by atoms with Crippen LogP contribution in [-0.4, -0.2) is 0 Å². The van der Waals surface area contributed by atoms with E-state index in [1.54, 1.807) is 5.41 Å². The van der Waals surface area contributed by atoms with E-state index in [4.69, 9.17) is 0 Å². The molecule has 0 saturated heterocycles. The highest BCUT2D eigenvalue weighted by atomic mass is 32.1. The monoisotopic (exact) mass is 278 g/mol. The van der Waals surface area contributed by atoms with Crippen molar-refractivity contribution in [3.63, 3.8) is 0 Å². The first kappa shape index (κ1) is 12.7. The zero-order chi connectivity index (χ0) is 12.3. The lowest BCUT2D eigenvalue weighted by Crippen LogP contribution is -1.67. The predicted molar refractivity (Wildman–Crippen MR) is 84.1 cm³/mol. The summed E-state index contributed by atoms with van der Waals surface area (Å²) in [4.78, 5) is 5.38. The number of aryl methyl sites for hydroxylation is 1. The molecule has 0 nitrogen and oxygen atoms in total. The van der Waals surface area contributed by atoms with Crippen molar-refractivity contribution in [1.82, 2.24) is 0 Å². The third-order valence-corrected chi connectivity index (χ3v) is 5.00. The van der Waals surface area contributed by atoms with Crippen molar-refractivity contribution in [3.05, 3.63) is 51.6 Å². The van der Waals surface area contributed by atoms with Crippen LogP contribution in [0.15, 0.2) is 41.8 Å². The number of allylic oxidation sites excluding steroid dienone is 3. The van der Waals surface area contributed by atoms with E-state index < -0.39 is 0 Å². The number of hydrogen-bond acceptors (Lipinski definition) is 3. The summed E-state index contributed by atoms with van der Waals surface area (Å²) < 4.78 is 0. The van der Waals surface area contributed by atoms with Crippen LogP contribution in [0.25, 0.3) is 15.3 Å². The SMILES string of the molecule is C/C(=C\C=C/S)c1ccc(-c2ccc(C)s2)s1. The van der Waals surface area contributed by atoms with E-state index in [-0.39, 0.29) is 0 Å². The summed E-state index contributed by atoms with van der Waals surface area (Å²) in [7, 11) is 0. The molecule has 0 bridgehead atoms. The molecule has 0 unspecified atom stereocenters. The first-order chi connectivity index (χ1) is 8.20. The first-order valence-corrected chi connectivity index (χ1v) is 7.50. The predicted octanol–water partition coefficient (Wildman–Crippen LogP) is 5.63. The van der Waals surface area contributed by atoms with Gasteiger partial charge in [0.05, 0.1) is 0 Å². The Kier molecular flexibility index (Phi) is 4.26. The molecule has 88 valence electrons. The maximum atomic E-state index is 4.05. The van der Waals surface area contributed by atoms with Gasteiger partial charge in [0.2, 0.25) is 0 Å². The van der Waals surface area contributed by atoms with Crippen molar-refractivity contribution < 1.29 is 0 Å². The second-order valence-corrected chi connectivity index (χ2v) is 6.44. The van der Waals surface area contributed by atoms with Crippen LogP contribution in [-0.2, 0) is 0 Å². The van der Waals surface area contributed by atoms with E-state index in [1.165, 1.54) is 25.1 Å². The highest BCUT2D eigenvalue weighted by Crippen LogP contribution is 2.35. The van der Waals surface area contributed by atoms with Crippen molar-refractivity contribution in [2.75, 3.05) is 0 Å². The molecule has 0 atom stereocenters. The Hall–Kier alpha value is -0.770. The first-order valence-electron chi connectivity index (χ1n) is 5.35. The Bertz CT molecular complexity index is 556. The van der Waals surface area contributed by atoms with Crippen molar-refractivity contribution in [2.24, 2.45) is 0 Å². The zero-order valence-electron chi connectivity index (χ0n) is 9.81. The quantitative estimate of drug-likeness (QED) is 0.546. The van der Waals surface area contributed by atoms with Crippen LogP contribution in [0.2, 0.25) is 0 Å². The van der Waals surface area contributed by atoms with Crippen LogP contribution in [0.3, 0.4) is 0 Å². The van der Waals surface area contributed by atoms with Crippen molar-refractivity contribution in [3.8, 4) is 9.75 Å². The van der Waals surface area contributed by atoms with Crippen LogP contribution in [0.4, 0.5) is 0 Å². The highest BCUT2D eigenvalue weighted by molar-refractivity contribution is 7.83. The summed E-state index contributed by atoms with van der Waals surface area (Å²) in [6.45, 7) is 4.27. The van der Waals surface area contributed by atoms with Crippen molar-refractivity contribution in [2.45, 2.75) is 13.8 Å². The largest absolute Gasteiger partial charge is 0.151 e. The molecule has 2 rings (SSSR count). The minimum atomic E-state index is 1.28. The van der Waals surface area contributed by atoms with Crippen molar-refractivity contribution in [1.29, 1.82) is 0 Å². The van der Waals surface area contributed by atoms with Gasteiger partial charge in [-0.2, -0.15) is 12.6 Å². The van der Waals surface area contributed by atoms with Gasteiger partial charge in [0.15, 0.2) is 0 Å². The molecule has 0 saturated carbocycles. The van der Waals surface area contributed by atoms with Crippen molar-refractivity contribution >= 4 is 40.9 Å². The second-order valence-electron chi connectivity index (χ2n) is 3.77. The lowest BCUT2D eigenvalue weighted by atomic mass is 10.2. The molecule has 0 spiro atoms. The third-order valence-electron chi connectivity index (χ3n) is 2.41. The molecule has 0 amide bonds. The number of hydrogen-bond donors (Lipinski definition) is 1. The van der Waals surface area contributed by atoms with Gasteiger partial charge in [0.25, 0.3) is 0 Å². The lowest BCUT2D eigenvalue weighted by Gasteiger charge is -1.93. The molecule has 2 heterocycles. The van der Waals surface area contributed by atoms with Gasteiger partial charge in [-0.1, -0.05) is 12.2 Å². The molecular formula is C14H14S3. The fourth-order valence-corrected chi connectivity index (χ4v) is 3.55. The Labute approximate surface area is 116 Å². The van der Waals surface area contributed by atoms with Gasteiger partial charge >= 0.3 is 0 Å². The second kappa shape index (κ2) is 5.71. The molecule has 0 aliphatic rings. The molecule has 2 aromatic rings. The number of thiophene rings is 2. The van der Waals surface area contributed by atoms with Crippen LogP contribution >= 0.6 is 35.3 Å².